The topological polar surface area (TPSA) is 71.8 Å². The number of halogens is 3. The van der Waals surface area contributed by atoms with E-state index in [4.69, 9.17) is 16.3 Å². The lowest BCUT2D eigenvalue weighted by Crippen LogP contribution is -2.51. The Morgan fingerprint density at radius 1 is 1.26 bits per heavy atom. The van der Waals surface area contributed by atoms with Gasteiger partial charge in [-0.05, 0) is 38.8 Å². The van der Waals surface area contributed by atoms with Gasteiger partial charge in [-0.3, -0.25) is 4.79 Å². The highest BCUT2D eigenvalue weighted by Crippen LogP contribution is 2.35. The third-order valence-corrected chi connectivity index (χ3v) is 7.77. The molecule has 4 atom stereocenters. The zero-order valence-corrected chi connectivity index (χ0v) is 19.6. The largest absolute Gasteiger partial charge is 0.486 e. The second kappa shape index (κ2) is 7.88. The molecule has 2 aromatic heterocycles. The lowest BCUT2D eigenvalue weighted by atomic mass is 10.00. The lowest BCUT2D eigenvalue weighted by Gasteiger charge is -2.33. The molecule has 0 saturated carbocycles. The van der Waals surface area contributed by atoms with Crippen LogP contribution in [-0.4, -0.2) is 49.8 Å². The predicted octanol–water partition coefficient (Wildman–Crippen LogP) is 3.90. The summed E-state index contributed by atoms with van der Waals surface area (Å²) in [5.74, 6) is -0.775. The molecule has 2 fully saturated rings. The Morgan fingerprint density at radius 2 is 2.09 bits per heavy atom. The fourth-order valence-electron chi connectivity index (χ4n) is 5.43. The smallest absolute Gasteiger partial charge is 0.258 e. The number of carbonyl (C=O) groups excluding carboxylic acids is 1. The van der Waals surface area contributed by atoms with Gasteiger partial charge >= 0.3 is 0 Å². The molecule has 10 heteroatoms. The Hall–Kier alpha value is -2.78. The Labute approximate surface area is 200 Å². The Morgan fingerprint density at radius 3 is 2.91 bits per heavy atom. The maximum atomic E-state index is 14.9. The van der Waals surface area contributed by atoms with Gasteiger partial charge in [0.1, 0.15) is 17.7 Å². The number of hydrogen-bond donors (Lipinski definition) is 1. The molecule has 1 amide bonds. The number of ether oxygens (including phenoxy) is 1. The first-order chi connectivity index (χ1) is 16.3. The number of nitrogens with zero attached hydrogens (tertiary/aromatic N) is 4. The minimum absolute atomic E-state index is 0.0781. The van der Waals surface area contributed by atoms with Crippen molar-refractivity contribution in [2.24, 2.45) is 0 Å². The molecule has 6 rings (SSSR count). The second-order valence-corrected chi connectivity index (χ2v) is 9.82. The summed E-state index contributed by atoms with van der Waals surface area (Å²) in [7, 11) is 0. The van der Waals surface area contributed by atoms with Crippen LogP contribution in [0.1, 0.15) is 52.3 Å². The summed E-state index contributed by atoms with van der Waals surface area (Å²) in [5.41, 5.74) is 3.98. The van der Waals surface area contributed by atoms with Crippen molar-refractivity contribution in [1.29, 1.82) is 0 Å². The highest BCUT2D eigenvalue weighted by Gasteiger charge is 2.43. The van der Waals surface area contributed by atoms with Gasteiger partial charge in [-0.1, -0.05) is 11.6 Å². The van der Waals surface area contributed by atoms with Crippen molar-refractivity contribution in [1.82, 2.24) is 24.8 Å². The number of amides is 1. The average molecular weight is 488 g/mol. The maximum absolute atomic E-state index is 14.9. The number of fused-ring (bicyclic) bond motifs is 5. The summed E-state index contributed by atoms with van der Waals surface area (Å²) in [6.07, 6.45) is 0.214. The summed E-state index contributed by atoms with van der Waals surface area (Å²) < 4.78 is 36.7. The summed E-state index contributed by atoms with van der Waals surface area (Å²) in [4.78, 5) is 19.7. The zero-order chi connectivity index (χ0) is 23.7. The van der Waals surface area contributed by atoms with Gasteiger partial charge in [-0.25, -0.2) is 18.3 Å². The molecular weight excluding hydrogens is 464 g/mol. The van der Waals surface area contributed by atoms with E-state index in [0.29, 0.717) is 29.3 Å². The van der Waals surface area contributed by atoms with Crippen molar-refractivity contribution in [3.05, 3.63) is 57.2 Å². The number of rotatable bonds is 3. The number of nitrogens with one attached hydrogen (secondary N) is 1. The first-order valence-electron chi connectivity index (χ1n) is 11.5. The summed E-state index contributed by atoms with van der Waals surface area (Å²) in [6.45, 7) is 4.31. The van der Waals surface area contributed by atoms with Crippen LogP contribution < -0.4 is 10.1 Å². The first kappa shape index (κ1) is 21.7. The highest BCUT2D eigenvalue weighted by atomic mass is 35.5. The van der Waals surface area contributed by atoms with Crippen LogP contribution in [0.15, 0.2) is 18.2 Å². The minimum Gasteiger partial charge on any atom is -0.486 e. The average Bonchev–Trinajstić information content (AvgIpc) is 3.50. The van der Waals surface area contributed by atoms with Crippen molar-refractivity contribution in [3.8, 4) is 5.75 Å². The number of aromatic nitrogens is 3. The van der Waals surface area contributed by atoms with Gasteiger partial charge in [0.15, 0.2) is 11.8 Å². The molecule has 34 heavy (non-hydrogen) atoms. The van der Waals surface area contributed by atoms with E-state index >= 15 is 0 Å². The molecule has 0 spiro atoms. The quantitative estimate of drug-likeness (QED) is 0.606. The first-order valence-corrected chi connectivity index (χ1v) is 11.9. The van der Waals surface area contributed by atoms with Crippen LogP contribution >= 0.6 is 11.6 Å². The monoisotopic (exact) mass is 487 g/mol. The molecule has 178 valence electrons. The number of hydrogen-bond acceptors (Lipinski definition) is 5. The van der Waals surface area contributed by atoms with Crippen LogP contribution in [-0.2, 0) is 13.1 Å². The molecular formula is C24H24ClF2N5O2. The van der Waals surface area contributed by atoms with Crippen molar-refractivity contribution in [2.45, 2.75) is 70.6 Å². The van der Waals surface area contributed by atoms with Crippen LogP contribution in [0.5, 0.6) is 5.75 Å². The Kier molecular flexibility index (Phi) is 5.04. The minimum atomic E-state index is -1.21. The van der Waals surface area contributed by atoms with E-state index in [1.807, 2.05) is 13.8 Å². The summed E-state index contributed by atoms with van der Waals surface area (Å²) >= 11 is 6.32. The number of alkyl halides is 1. The number of benzene rings is 1. The molecule has 2 saturated heterocycles. The van der Waals surface area contributed by atoms with Gasteiger partial charge in [0.25, 0.3) is 5.91 Å². The highest BCUT2D eigenvalue weighted by molar-refractivity contribution is 6.31. The van der Waals surface area contributed by atoms with Crippen molar-refractivity contribution in [3.63, 3.8) is 0 Å². The molecule has 0 aliphatic carbocycles. The molecule has 3 aliphatic rings. The lowest BCUT2D eigenvalue weighted by molar-refractivity contribution is 0.0439. The van der Waals surface area contributed by atoms with Crippen LogP contribution in [0.2, 0.25) is 5.02 Å². The van der Waals surface area contributed by atoms with Gasteiger partial charge < -0.3 is 15.0 Å². The SMILES string of the molecule is Cc1nc2c3c(nn2c(C)c1Cl)CN(C(=O)c1ccc(F)cc1O[C@@H]1C[C@@H]2CC[C@@H](N2)C1F)C3. The van der Waals surface area contributed by atoms with Crippen LogP contribution in [0, 0.1) is 19.7 Å². The van der Waals surface area contributed by atoms with Gasteiger partial charge in [-0.2, -0.15) is 5.10 Å². The molecule has 1 aromatic carbocycles. The summed E-state index contributed by atoms with van der Waals surface area (Å²) in [6, 6.07) is 3.74. The molecule has 0 radical (unpaired) electrons. The van der Waals surface area contributed by atoms with E-state index in [1.165, 1.54) is 18.2 Å². The van der Waals surface area contributed by atoms with E-state index in [2.05, 4.69) is 15.4 Å². The third kappa shape index (κ3) is 3.36. The number of aryl methyl sites for hydroxylation is 2. The second-order valence-electron chi connectivity index (χ2n) is 9.44. The summed E-state index contributed by atoms with van der Waals surface area (Å²) in [5, 5.41) is 8.43. The van der Waals surface area contributed by atoms with Crippen molar-refractivity contribution < 1.29 is 18.3 Å². The van der Waals surface area contributed by atoms with Gasteiger partial charge in [0.05, 0.1) is 40.8 Å². The van der Waals surface area contributed by atoms with E-state index in [1.54, 1.807) is 9.42 Å². The Bertz CT molecular complexity index is 1330. The molecule has 2 bridgehead atoms. The van der Waals surface area contributed by atoms with Gasteiger partial charge in [0, 0.05) is 30.1 Å². The van der Waals surface area contributed by atoms with E-state index < -0.39 is 18.1 Å². The Balaban J connectivity index is 1.28. The van der Waals surface area contributed by atoms with E-state index in [9.17, 15) is 13.6 Å². The molecule has 3 aliphatic heterocycles. The fraction of sp³-hybridized carbons (Fsp3) is 0.458. The number of piperidine rings is 1. The standard InChI is InChI=1S/C24H24ClF2N5O2/c1-11-21(25)12(2)32-23(28-11)16-9-31(10-18(16)30-32)24(33)15-5-3-13(26)7-19(15)34-20-8-14-4-6-17(29-14)22(20)27/h3,5,7,14,17,20,22,29H,4,6,8-10H2,1-2H3/t14-,17+,20+,22?/m0/s1. The molecule has 3 aromatic rings. The number of carbonyl (C=O) groups is 1. The van der Waals surface area contributed by atoms with Gasteiger partial charge in [-0.15, -0.1) is 0 Å². The molecule has 5 heterocycles. The van der Waals surface area contributed by atoms with E-state index in [0.717, 1.165) is 29.8 Å². The predicted molar refractivity (Wildman–Crippen MR) is 121 cm³/mol. The molecule has 1 unspecified atom stereocenters. The molecule has 1 N–H and O–H groups in total. The fourth-order valence-corrected chi connectivity index (χ4v) is 5.55. The van der Waals surface area contributed by atoms with Crippen LogP contribution in [0.3, 0.4) is 0 Å². The molecule has 7 nitrogen and oxygen atoms in total. The van der Waals surface area contributed by atoms with Crippen molar-refractivity contribution >= 4 is 23.2 Å². The van der Waals surface area contributed by atoms with E-state index in [-0.39, 0.29) is 35.8 Å². The third-order valence-electron chi connectivity index (χ3n) is 7.23. The van der Waals surface area contributed by atoms with Crippen LogP contribution in [0.25, 0.3) is 5.65 Å². The zero-order valence-electron chi connectivity index (χ0n) is 18.8. The maximum Gasteiger partial charge on any atom is 0.258 e. The normalized spacial score (nSPS) is 25.7. The van der Waals surface area contributed by atoms with Crippen LogP contribution in [0.4, 0.5) is 8.78 Å². The van der Waals surface area contributed by atoms with Gasteiger partial charge in [0.2, 0.25) is 0 Å². The van der Waals surface area contributed by atoms with Crippen molar-refractivity contribution in [2.75, 3.05) is 0 Å².